The highest BCUT2D eigenvalue weighted by molar-refractivity contribution is 5.28. The van der Waals surface area contributed by atoms with E-state index < -0.39 is 0 Å². The maximum atomic E-state index is 5.39. The third-order valence-electron chi connectivity index (χ3n) is 2.98. The van der Waals surface area contributed by atoms with Crippen molar-refractivity contribution in [2.75, 3.05) is 6.61 Å². The Hall–Kier alpha value is -1.24. The molecule has 1 aromatic carbocycles. The zero-order valence-corrected chi connectivity index (χ0v) is 12.2. The summed E-state index contributed by atoms with van der Waals surface area (Å²) in [6.45, 7) is 9.72. The summed E-state index contributed by atoms with van der Waals surface area (Å²) in [6.07, 6.45) is 7.17. The third-order valence-corrected chi connectivity index (χ3v) is 2.98. The molecular formula is C17H26O. The Bertz CT molecular complexity index is 354. The fourth-order valence-electron chi connectivity index (χ4n) is 1.69. The maximum absolute atomic E-state index is 5.39. The SMILES string of the molecule is CCCCO/C=C/Cc1ccc(C(C)(C)C)cc1. The minimum absolute atomic E-state index is 0.234. The Labute approximate surface area is 112 Å². The molecular weight excluding hydrogens is 220 g/mol. The highest BCUT2D eigenvalue weighted by Crippen LogP contribution is 2.22. The fraction of sp³-hybridized carbons (Fsp3) is 0.529. The maximum Gasteiger partial charge on any atom is 0.0873 e. The number of benzene rings is 1. The van der Waals surface area contributed by atoms with Crippen molar-refractivity contribution in [3.8, 4) is 0 Å². The van der Waals surface area contributed by atoms with Crippen molar-refractivity contribution >= 4 is 0 Å². The molecule has 0 fully saturated rings. The van der Waals surface area contributed by atoms with Crippen LogP contribution in [0.3, 0.4) is 0 Å². The smallest absolute Gasteiger partial charge is 0.0873 e. The zero-order chi connectivity index (χ0) is 13.4. The third kappa shape index (κ3) is 5.39. The van der Waals surface area contributed by atoms with Gasteiger partial charge in [-0.25, -0.2) is 0 Å². The first-order chi connectivity index (χ1) is 8.54. The van der Waals surface area contributed by atoms with E-state index >= 15 is 0 Å². The second-order valence-electron chi connectivity index (χ2n) is 5.75. The van der Waals surface area contributed by atoms with Gasteiger partial charge in [-0.2, -0.15) is 0 Å². The number of hydrogen-bond acceptors (Lipinski definition) is 1. The van der Waals surface area contributed by atoms with Gasteiger partial charge in [0.1, 0.15) is 0 Å². The molecule has 100 valence electrons. The van der Waals surface area contributed by atoms with Crippen molar-refractivity contribution < 1.29 is 4.74 Å². The molecule has 0 unspecified atom stereocenters. The molecule has 0 aliphatic rings. The van der Waals surface area contributed by atoms with Crippen LogP contribution in [-0.2, 0) is 16.6 Å². The summed E-state index contributed by atoms with van der Waals surface area (Å²) in [5, 5.41) is 0. The lowest BCUT2D eigenvalue weighted by Gasteiger charge is -2.18. The molecule has 0 N–H and O–H groups in total. The van der Waals surface area contributed by atoms with E-state index in [0.29, 0.717) is 0 Å². The predicted octanol–water partition coefficient (Wildman–Crippen LogP) is 4.86. The van der Waals surface area contributed by atoms with Gasteiger partial charge in [-0.3, -0.25) is 0 Å². The van der Waals surface area contributed by atoms with Crippen LogP contribution in [0.1, 0.15) is 51.7 Å². The van der Waals surface area contributed by atoms with E-state index in [4.69, 9.17) is 4.74 Å². The average Bonchev–Trinajstić information content (AvgIpc) is 2.33. The first-order valence-corrected chi connectivity index (χ1v) is 6.90. The van der Waals surface area contributed by atoms with Crippen LogP contribution in [0.4, 0.5) is 0 Å². The van der Waals surface area contributed by atoms with Crippen LogP contribution in [0.2, 0.25) is 0 Å². The predicted molar refractivity (Wildman–Crippen MR) is 78.8 cm³/mol. The molecule has 0 saturated heterocycles. The summed E-state index contributed by atoms with van der Waals surface area (Å²) in [7, 11) is 0. The van der Waals surface area contributed by atoms with Crippen LogP contribution in [0.25, 0.3) is 0 Å². The van der Waals surface area contributed by atoms with E-state index in [9.17, 15) is 0 Å². The first kappa shape index (κ1) is 14.8. The molecule has 1 rings (SSSR count). The van der Waals surface area contributed by atoms with E-state index in [2.05, 4.69) is 58.0 Å². The molecule has 0 amide bonds. The van der Waals surface area contributed by atoms with Crippen molar-refractivity contribution in [2.24, 2.45) is 0 Å². The second kappa shape index (κ2) is 7.25. The molecule has 0 heterocycles. The molecule has 0 aromatic heterocycles. The monoisotopic (exact) mass is 246 g/mol. The number of rotatable bonds is 6. The number of unbranched alkanes of at least 4 members (excludes halogenated alkanes) is 1. The number of ether oxygens (including phenoxy) is 1. The molecule has 0 aliphatic carbocycles. The molecule has 0 aliphatic heterocycles. The summed E-state index contributed by atoms with van der Waals surface area (Å²) in [5.41, 5.74) is 2.95. The fourth-order valence-corrected chi connectivity index (χ4v) is 1.69. The largest absolute Gasteiger partial charge is 0.502 e. The minimum Gasteiger partial charge on any atom is -0.502 e. The minimum atomic E-state index is 0.234. The van der Waals surface area contributed by atoms with Crippen molar-refractivity contribution in [1.82, 2.24) is 0 Å². The van der Waals surface area contributed by atoms with Gasteiger partial charge in [0, 0.05) is 0 Å². The van der Waals surface area contributed by atoms with Gasteiger partial charge >= 0.3 is 0 Å². The molecule has 18 heavy (non-hydrogen) atoms. The van der Waals surface area contributed by atoms with E-state index in [1.165, 1.54) is 17.5 Å². The van der Waals surface area contributed by atoms with Gasteiger partial charge in [-0.05, 0) is 35.5 Å². The summed E-state index contributed by atoms with van der Waals surface area (Å²) < 4.78 is 5.39. The first-order valence-electron chi connectivity index (χ1n) is 6.90. The van der Waals surface area contributed by atoms with Crippen LogP contribution in [-0.4, -0.2) is 6.61 Å². The van der Waals surface area contributed by atoms with Crippen LogP contribution in [0.5, 0.6) is 0 Å². The van der Waals surface area contributed by atoms with Crippen molar-refractivity contribution in [1.29, 1.82) is 0 Å². The Kier molecular flexibility index (Phi) is 5.97. The molecule has 0 spiro atoms. The van der Waals surface area contributed by atoms with Crippen molar-refractivity contribution in [2.45, 2.75) is 52.4 Å². The van der Waals surface area contributed by atoms with Crippen molar-refractivity contribution in [3.05, 3.63) is 47.7 Å². The topological polar surface area (TPSA) is 9.23 Å². The van der Waals surface area contributed by atoms with E-state index in [1.54, 1.807) is 0 Å². The Balaban J connectivity index is 2.40. The highest BCUT2D eigenvalue weighted by Gasteiger charge is 2.12. The normalized spacial score (nSPS) is 12.0. The summed E-state index contributed by atoms with van der Waals surface area (Å²) in [5.74, 6) is 0. The second-order valence-corrected chi connectivity index (χ2v) is 5.75. The van der Waals surface area contributed by atoms with Gasteiger partial charge in [-0.15, -0.1) is 0 Å². The summed E-state index contributed by atoms with van der Waals surface area (Å²) >= 11 is 0. The Morgan fingerprint density at radius 3 is 2.33 bits per heavy atom. The lowest BCUT2D eigenvalue weighted by atomic mass is 9.86. The number of allylic oxidation sites excluding steroid dienone is 1. The van der Waals surface area contributed by atoms with Crippen LogP contribution >= 0.6 is 0 Å². The molecule has 0 saturated carbocycles. The summed E-state index contributed by atoms with van der Waals surface area (Å²) in [6, 6.07) is 8.86. The lowest BCUT2D eigenvalue weighted by molar-refractivity contribution is 0.243. The quantitative estimate of drug-likeness (QED) is 0.514. The van der Waals surface area contributed by atoms with Crippen molar-refractivity contribution in [3.63, 3.8) is 0 Å². The molecule has 1 aromatic rings. The van der Waals surface area contributed by atoms with Crippen LogP contribution in [0.15, 0.2) is 36.6 Å². The molecule has 0 bridgehead atoms. The standard InChI is InChI=1S/C17H26O/c1-5-6-13-18-14-7-8-15-9-11-16(12-10-15)17(2,3)4/h7,9-12,14H,5-6,8,13H2,1-4H3/b14-7+. The van der Waals surface area contributed by atoms with Crippen LogP contribution in [0, 0.1) is 0 Å². The van der Waals surface area contributed by atoms with E-state index in [0.717, 1.165) is 19.4 Å². The molecule has 0 atom stereocenters. The highest BCUT2D eigenvalue weighted by atomic mass is 16.5. The van der Waals surface area contributed by atoms with Gasteiger partial charge in [0.2, 0.25) is 0 Å². The van der Waals surface area contributed by atoms with E-state index in [-0.39, 0.29) is 5.41 Å². The number of hydrogen-bond donors (Lipinski definition) is 0. The molecule has 1 heteroatoms. The molecule has 1 nitrogen and oxygen atoms in total. The molecule has 0 radical (unpaired) electrons. The average molecular weight is 246 g/mol. The lowest BCUT2D eigenvalue weighted by Crippen LogP contribution is -2.10. The Morgan fingerprint density at radius 1 is 1.11 bits per heavy atom. The van der Waals surface area contributed by atoms with Gasteiger partial charge in [-0.1, -0.05) is 58.4 Å². The van der Waals surface area contributed by atoms with Gasteiger partial charge < -0.3 is 4.74 Å². The Morgan fingerprint density at radius 2 is 1.78 bits per heavy atom. The van der Waals surface area contributed by atoms with Gasteiger partial charge in [0.15, 0.2) is 0 Å². The summed E-state index contributed by atoms with van der Waals surface area (Å²) in [4.78, 5) is 0. The van der Waals surface area contributed by atoms with E-state index in [1.807, 2.05) is 6.26 Å². The van der Waals surface area contributed by atoms with Gasteiger partial charge in [0.25, 0.3) is 0 Å². The van der Waals surface area contributed by atoms with Gasteiger partial charge in [0.05, 0.1) is 12.9 Å². The zero-order valence-electron chi connectivity index (χ0n) is 12.2. The van der Waals surface area contributed by atoms with Crippen LogP contribution < -0.4 is 0 Å².